The number of rotatable bonds is 2. The molecule has 5 nitrogen and oxygen atoms in total. The van der Waals surface area contributed by atoms with Crippen molar-refractivity contribution in [1.29, 1.82) is 0 Å². The summed E-state index contributed by atoms with van der Waals surface area (Å²) in [5, 5.41) is 9.72. The summed E-state index contributed by atoms with van der Waals surface area (Å²) in [6, 6.07) is 7.32. The van der Waals surface area contributed by atoms with Gasteiger partial charge >= 0.3 is 6.09 Å². The zero-order valence-electron chi connectivity index (χ0n) is 14.9. The quantitative estimate of drug-likeness (QED) is 0.854. The molecule has 25 heavy (non-hydrogen) atoms. The number of thiophene rings is 1. The normalized spacial score (nSPS) is 16.7. The van der Waals surface area contributed by atoms with E-state index in [-0.39, 0.29) is 11.9 Å². The van der Waals surface area contributed by atoms with Crippen LogP contribution >= 0.6 is 11.3 Å². The number of carbonyl (C=O) groups is 2. The molecule has 3 rings (SSSR count). The fourth-order valence-corrected chi connectivity index (χ4v) is 4.04. The van der Waals surface area contributed by atoms with Crippen LogP contribution in [0.25, 0.3) is 0 Å². The van der Waals surface area contributed by atoms with Gasteiger partial charge in [0.1, 0.15) is 0 Å². The Morgan fingerprint density at radius 1 is 1.16 bits per heavy atom. The van der Waals surface area contributed by atoms with Gasteiger partial charge in [-0.2, -0.15) is 0 Å². The number of benzene rings is 1. The standard InChI is InChI=1S/C19H22N2O3S/c1-5-14-10-20(18(22)17-7-6-13(4)25-17)15-8-11(2)12(3)9-16(15)21(14)19(23)24/h6-9,14H,5,10H2,1-4H3,(H,23,24). The Hall–Kier alpha value is -2.34. The average molecular weight is 358 g/mol. The monoisotopic (exact) mass is 358 g/mol. The average Bonchev–Trinajstić information content (AvgIpc) is 3.00. The number of hydrogen-bond acceptors (Lipinski definition) is 3. The molecule has 1 aromatic carbocycles. The lowest BCUT2D eigenvalue weighted by molar-refractivity contribution is 0.0986. The van der Waals surface area contributed by atoms with Crippen molar-refractivity contribution in [2.45, 2.75) is 40.2 Å². The Labute approximate surface area is 151 Å². The predicted octanol–water partition coefficient (Wildman–Crippen LogP) is 4.60. The van der Waals surface area contributed by atoms with Crippen LogP contribution in [0.2, 0.25) is 0 Å². The molecule has 0 radical (unpaired) electrons. The van der Waals surface area contributed by atoms with E-state index in [9.17, 15) is 14.7 Å². The van der Waals surface area contributed by atoms with E-state index < -0.39 is 6.09 Å². The molecule has 0 fully saturated rings. The first kappa shape index (κ1) is 17.5. The van der Waals surface area contributed by atoms with Crippen molar-refractivity contribution in [3.63, 3.8) is 0 Å². The molecule has 6 heteroatoms. The van der Waals surface area contributed by atoms with Crippen LogP contribution in [0.4, 0.5) is 16.2 Å². The van der Waals surface area contributed by atoms with E-state index in [2.05, 4.69) is 0 Å². The number of carbonyl (C=O) groups excluding carboxylic acids is 1. The second kappa shape index (κ2) is 6.52. The van der Waals surface area contributed by atoms with E-state index in [1.807, 2.05) is 52.0 Å². The lowest BCUT2D eigenvalue weighted by Crippen LogP contribution is -2.52. The molecule has 0 saturated heterocycles. The minimum Gasteiger partial charge on any atom is -0.465 e. The smallest absolute Gasteiger partial charge is 0.412 e. The number of fused-ring (bicyclic) bond motifs is 1. The van der Waals surface area contributed by atoms with E-state index >= 15 is 0 Å². The Bertz CT molecular complexity index is 843. The summed E-state index contributed by atoms with van der Waals surface area (Å²) >= 11 is 1.47. The molecule has 0 spiro atoms. The van der Waals surface area contributed by atoms with Crippen molar-refractivity contribution in [2.75, 3.05) is 16.3 Å². The van der Waals surface area contributed by atoms with Crippen molar-refractivity contribution in [3.8, 4) is 0 Å². The highest BCUT2D eigenvalue weighted by Gasteiger charge is 2.37. The Morgan fingerprint density at radius 2 is 1.80 bits per heavy atom. The number of aryl methyl sites for hydroxylation is 3. The maximum absolute atomic E-state index is 13.1. The zero-order chi connectivity index (χ0) is 18.3. The van der Waals surface area contributed by atoms with Crippen LogP contribution in [-0.2, 0) is 0 Å². The van der Waals surface area contributed by atoms with E-state index in [1.54, 1.807) is 4.90 Å². The SMILES string of the molecule is CCC1CN(C(=O)c2ccc(C)s2)c2cc(C)c(C)cc2N1C(=O)O. The van der Waals surface area contributed by atoms with Gasteiger partial charge in [-0.05, 0) is 62.6 Å². The topological polar surface area (TPSA) is 60.9 Å². The maximum Gasteiger partial charge on any atom is 0.412 e. The summed E-state index contributed by atoms with van der Waals surface area (Å²) < 4.78 is 0. The molecule has 0 bridgehead atoms. The fourth-order valence-electron chi connectivity index (χ4n) is 3.23. The van der Waals surface area contributed by atoms with Crippen molar-refractivity contribution in [1.82, 2.24) is 0 Å². The van der Waals surface area contributed by atoms with Gasteiger partial charge in [-0.15, -0.1) is 11.3 Å². The van der Waals surface area contributed by atoms with Crippen molar-refractivity contribution in [2.24, 2.45) is 0 Å². The summed E-state index contributed by atoms with van der Waals surface area (Å²) in [5.41, 5.74) is 3.32. The molecule has 132 valence electrons. The molecule has 1 aromatic heterocycles. The fraction of sp³-hybridized carbons (Fsp3) is 0.368. The van der Waals surface area contributed by atoms with Crippen molar-refractivity contribution >= 4 is 34.7 Å². The molecule has 0 saturated carbocycles. The van der Waals surface area contributed by atoms with Crippen LogP contribution in [0.1, 0.15) is 39.0 Å². The second-order valence-corrected chi connectivity index (χ2v) is 7.75. The van der Waals surface area contributed by atoms with Gasteiger partial charge in [0.2, 0.25) is 0 Å². The Kier molecular flexibility index (Phi) is 4.56. The summed E-state index contributed by atoms with van der Waals surface area (Å²) in [5.74, 6) is -0.0638. The second-order valence-electron chi connectivity index (χ2n) is 6.47. The zero-order valence-corrected chi connectivity index (χ0v) is 15.7. The Morgan fingerprint density at radius 3 is 2.32 bits per heavy atom. The highest BCUT2D eigenvalue weighted by molar-refractivity contribution is 7.14. The first-order valence-corrected chi connectivity index (χ1v) is 9.16. The lowest BCUT2D eigenvalue weighted by Gasteiger charge is -2.41. The molecule has 1 aliphatic rings. The maximum atomic E-state index is 13.1. The van der Waals surface area contributed by atoms with Crippen LogP contribution in [-0.4, -0.2) is 29.7 Å². The third kappa shape index (κ3) is 3.02. The molecule has 1 unspecified atom stereocenters. The van der Waals surface area contributed by atoms with Crippen LogP contribution in [0.5, 0.6) is 0 Å². The molecule has 1 aliphatic heterocycles. The molecule has 1 N–H and O–H groups in total. The first-order chi connectivity index (χ1) is 11.8. The molecule has 0 aliphatic carbocycles. The Balaban J connectivity index is 2.14. The van der Waals surface area contributed by atoms with Crippen LogP contribution in [0.3, 0.4) is 0 Å². The highest BCUT2D eigenvalue weighted by atomic mass is 32.1. The first-order valence-electron chi connectivity index (χ1n) is 8.35. The summed E-state index contributed by atoms with van der Waals surface area (Å²) in [6.45, 7) is 8.23. The third-order valence-electron chi connectivity index (χ3n) is 4.77. The van der Waals surface area contributed by atoms with E-state index in [4.69, 9.17) is 0 Å². The van der Waals surface area contributed by atoms with Gasteiger partial charge in [0.25, 0.3) is 5.91 Å². The summed E-state index contributed by atoms with van der Waals surface area (Å²) in [7, 11) is 0. The van der Waals surface area contributed by atoms with Crippen molar-refractivity contribution in [3.05, 3.63) is 45.1 Å². The van der Waals surface area contributed by atoms with Gasteiger partial charge in [-0.25, -0.2) is 4.79 Å². The summed E-state index contributed by atoms with van der Waals surface area (Å²) in [6.07, 6.45) is -0.332. The number of carboxylic acid groups (broad SMARTS) is 1. The number of hydrogen-bond donors (Lipinski definition) is 1. The van der Waals surface area contributed by atoms with Gasteiger partial charge in [0, 0.05) is 11.4 Å². The van der Waals surface area contributed by atoms with Gasteiger partial charge < -0.3 is 10.0 Å². The minimum atomic E-state index is -0.976. The third-order valence-corrected chi connectivity index (χ3v) is 5.76. The largest absolute Gasteiger partial charge is 0.465 e. The molecular formula is C19H22N2O3S. The predicted molar refractivity (Wildman–Crippen MR) is 101 cm³/mol. The van der Waals surface area contributed by atoms with Gasteiger partial charge in [-0.3, -0.25) is 9.69 Å². The van der Waals surface area contributed by atoms with E-state index in [0.717, 1.165) is 16.0 Å². The van der Waals surface area contributed by atoms with Gasteiger partial charge in [-0.1, -0.05) is 6.92 Å². The van der Waals surface area contributed by atoms with Gasteiger partial charge in [0.05, 0.1) is 22.3 Å². The minimum absolute atomic E-state index is 0.0638. The lowest BCUT2D eigenvalue weighted by atomic mass is 10.0. The van der Waals surface area contributed by atoms with E-state index in [0.29, 0.717) is 29.2 Å². The van der Waals surface area contributed by atoms with Crippen LogP contribution in [0, 0.1) is 20.8 Å². The highest BCUT2D eigenvalue weighted by Crippen LogP contribution is 2.39. The van der Waals surface area contributed by atoms with Crippen LogP contribution in [0.15, 0.2) is 24.3 Å². The summed E-state index contributed by atoms with van der Waals surface area (Å²) in [4.78, 5) is 29.8. The number of nitrogens with zero attached hydrogens (tertiary/aromatic N) is 2. The van der Waals surface area contributed by atoms with Crippen LogP contribution < -0.4 is 9.80 Å². The molecular weight excluding hydrogens is 336 g/mol. The van der Waals surface area contributed by atoms with E-state index in [1.165, 1.54) is 16.2 Å². The number of amides is 2. The molecule has 2 amide bonds. The van der Waals surface area contributed by atoms with Gasteiger partial charge in [0.15, 0.2) is 0 Å². The number of anilines is 2. The molecule has 2 heterocycles. The van der Waals surface area contributed by atoms with Crippen molar-refractivity contribution < 1.29 is 14.7 Å². The molecule has 2 aromatic rings. The molecule has 1 atom stereocenters.